The van der Waals surface area contributed by atoms with Crippen LogP contribution in [0.25, 0.3) is 22.3 Å². The summed E-state index contributed by atoms with van der Waals surface area (Å²) in [6, 6.07) is 7.68. The number of alkyl halides is 2. The van der Waals surface area contributed by atoms with Crippen LogP contribution in [0.1, 0.15) is 16.1 Å². The molecule has 2 heterocycles. The van der Waals surface area contributed by atoms with Gasteiger partial charge in [0.25, 0.3) is 0 Å². The number of hydrogen-bond acceptors (Lipinski definition) is 5. The first kappa shape index (κ1) is 16.8. The molecule has 25 heavy (non-hydrogen) atoms. The molecule has 3 aromatic rings. The number of aromatic nitrogens is 3. The number of rotatable bonds is 4. The highest BCUT2D eigenvalue weighted by Gasteiger charge is 2.20. The van der Waals surface area contributed by atoms with Crippen molar-refractivity contribution in [2.75, 3.05) is 7.11 Å². The Hall–Kier alpha value is -3.03. The number of halogens is 2. The Bertz CT molecular complexity index is 954. The van der Waals surface area contributed by atoms with E-state index < -0.39 is 12.6 Å². The number of nitrogens with zero attached hydrogens (tertiary/aromatic N) is 3. The molecular formula is C17H15F2N3O3. The Morgan fingerprint density at radius 3 is 2.72 bits per heavy atom. The maximum atomic E-state index is 12.4. The molecule has 0 bridgehead atoms. The number of carbonyl (C=O) groups excluding carboxylic acids is 1. The van der Waals surface area contributed by atoms with Crippen molar-refractivity contribution < 1.29 is 23.0 Å². The first-order valence-electron chi connectivity index (χ1n) is 7.38. The fourth-order valence-electron chi connectivity index (χ4n) is 2.70. The van der Waals surface area contributed by atoms with Gasteiger partial charge in [-0.05, 0) is 25.1 Å². The first-order chi connectivity index (χ1) is 11.9. The highest BCUT2D eigenvalue weighted by atomic mass is 19.3. The van der Waals surface area contributed by atoms with E-state index in [-0.39, 0.29) is 5.75 Å². The Labute approximate surface area is 142 Å². The third-order valence-corrected chi connectivity index (χ3v) is 3.73. The molecule has 6 nitrogen and oxygen atoms in total. The topological polar surface area (TPSA) is 66.2 Å². The van der Waals surface area contributed by atoms with Crippen LogP contribution >= 0.6 is 0 Å². The molecule has 8 heteroatoms. The van der Waals surface area contributed by atoms with Gasteiger partial charge >= 0.3 is 12.6 Å². The molecule has 0 N–H and O–H groups in total. The van der Waals surface area contributed by atoms with Gasteiger partial charge in [0, 0.05) is 12.6 Å². The summed E-state index contributed by atoms with van der Waals surface area (Å²) in [6.45, 7) is -1.15. The third kappa shape index (κ3) is 3.15. The molecule has 0 aliphatic carbocycles. The minimum absolute atomic E-state index is 0.00945. The predicted octanol–water partition coefficient (Wildman–Crippen LogP) is 3.33. The lowest BCUT2D eigenvalue weighted by Crippen LogP contribution is -2.05. The quantitative estimate of drug-likeness (QED) is 0.677. The van der Waals surface area contributed by atoms with Gasteiger partial charge < -0.3 is 9.47 Å². The Kier molecular flexibility index (Phi) is 4.35. The molecule has 0 atom stereocenters. The van der Waals surface area contributed by atoms with Gasteiger partial charge in [-0.15, -0.1) is 0 Å². The molecule has 0 fully saturated rings. The van der Waals surface area contributed by atoms with Gasteiger partial charge in [0.2, 0.25) is 0 Å². The number of methoxy groups -OCH3 is 1. The fraction of sp³-hybridized carbons (Fsp3) is 0.235. The van der Waals surface area contributed by atoms with Crippen molar-refractivity contribution in [1.29, 1.82) is 0 Å². The summed E-state index contributed by atoms with van der Waals surface area (Å²) in [6.07, 6.45) is 0. The molecule has 0 aliphatic heterocycles. The van der Waals surface area contributed by atoms with Crippen molar-refractivity contribution in [2.24, 2.45) is 7.05 Å². The van der Waals surface area contributed by atoms with Gasteiger partial charge in [-0.2, -0.15) is 13.9 Å². The van der Waals surface area contributed by atoms with Crippen LogP contribution < -0.4 is 4.74 Å². The van der Waals surface area contributed by atoms with E-state index in [0.29, 0.717) is 33.5 Å². The minimum Gasteiger partial charge on any atom is -0.465 e. The zero-order valence-electron chi connectivity index (χ0n) is 13.8. The maximum Gasteiger partial charge on any atom is 0.387 e. The highest BCUT2D eigenvalue weighted by molar-refractivity contribution is 6.04. The summed E-state index contributed by atoms with van der Waals surface area (Å²) >= 11 is 0. The normalized spacial score (nSPS) is 11.1. The second-order valence-electron chi connectivity index (χ2n) is 5.36. The van der Waals surface area contributed by atoms with Crippen LogP contribution in [0.4, 0.5) is 8.78 Å². The van der Waals surface area contributed by atoms with E-state index in [1.807, 2.05) is 0 Å². The van der Waals surface area contributed by atoms with Crippen molar-refractivity contribution in [3.05, 3.63) is 41.6 Å². The summed E-state index contributed by atoms with van der Waals surface area (Å²) in [5, 5.41) is 4.88. The van der Waals surface area contributed by atoms with Crippen molar-refractivity contribution in [2.45, 2.75) is 13.5 Å². The molecular weight excluding hydrogens is 332 g/mol. The van der Waals surface area contributed by atoms with E-state index in [2.05, 4.69) is 14.8 Å². The van der Waals surface area contributed by atoms with Crippen LogP contribution in [0, 0.1) is 6.92 Å². The Morgan fingerprint density at radius 1 is 1.28 bits per heavy atom. The molecule has 0 amide bonds. The maximum absolute atomic E-state index is 12.4. The largest absolute Gasteiger partial charge is 0.465 e. The second kappa shape index (κ2) is 6.46. The average Bonchev–Trinajstić information content (AvgIpc) is 2.87. The molecule has 0 saturated carbocycles. The molecule has 0 spiro atoms. The van der Waals surface area contributed by atoms with Gasteiger partial charge in [-0.3, -0.25) is 4.68 Å². The van der Waals surface area contributed by atoms with Gasteiger partial charge in [0.05, 0.1) is 29.4 Å². The first-order valence-corrected chi connectivity index (χ1v) is 7.38. The van der Waals surface area contributed by atoms with Gasteiger partial charge in [0.1, 0.15) is 5.75 Å². The Balaban J connectivity index is 2.20. The molecule has 0 unspecified atom stereocenters. The summed E-state index contributed by atoms with van der Waals surface area (Å²) < 4.78 is 35.7. The fourth-order valence-corrected chi connectivity index (χ4v) is 2.70. The number of ether oxygens (including phenoxy) is 2. The standard InChI is InChI=1S/C17H15F2N3O3/c1-9-14-12(16(23)24-3)8-13(20-15(14)22(2)21-9)10-5-4-6-11(7-10)25-17(18)19/h4-8,17H,1-3H3. The lowest BCUT2D eigenvalue weighted by atomic mass is 10.1. The molecule has 0 aliphatic rings. The van der Waals surface area contributed by atoms with E-state index >= 15 is 0 Å². The third-order valence-electron chi connectivity index (χ3n) is 3.73. The number of carbonyl (C=O) groups is 1. The van der Waals surface area contributed by atoms with E-state index in [9.17, 15) is 13.6 Å². The van der Waals surface area contributed by atoms with Gasteiger partial charge in [0.15, 0.2) is 5.65 Å². The highest BCUT2D eigenvalue weighted by Crippen LogP contribution is 2.29. The molecule has 3 rings (SSSR count). The molecule has 2 aromatic heterocycles. The second-order valence-corrected chi connectivity index (χ2v) is 5.36. The smallest absolute Gasteiger partial charge is 0.387 e. The Morgan fingerprint density at radius 2 is 2.04 bits per heavy atom. The van der Waals surface area contributed by atoms with E-state index in [1.165, 1.54) is 19.2 Å². The van der Waals surface area contributed by atoms with Crippen molar-refractivity contribution >= 4 is 17.0 Å². The van der Waals surface area contributed by atoms with Crippen LogP contribution in [0.2, 0.25) is 0 Å². The van der Waals surface area contributed by atoms with Crippen molar-refractivity contribution in [1.82, 2.24) is 14.8 Å². The number of benzene rings is 1. The predicted molar refractivity (Wildman–Crippen MR) is 86.7 cm³/mol. The lowest BCUT2D eigenvalue weighted by molar-refractivity contribution is -0.0498. The van der Waals surface area contributed by atoms with E-state index in [4.69, 9.17) is 4.74 Å². The molecule has 130 valence electrons. The molecule has 0 saturated heterocycles. The summed E-state index contributed by atoms with van der Waals surface area (Å²) in [7, 11) is 3.00. The van der Waals surface area contributed by atoms with E-state index in [0.717, 1.165) is 0 Å². The molecule has 0 radical (unpaired) electrons. The number of hydrogen-bond donors (Lipinski definition) is 0. The molecule has 1 aromatic carbocycles. The summed E-state index contributed by atoms with van der Waals surface area (Å²) in [5.74, 6) is -0.514. The van der Waals surface area contributed by atoms with Gasteiger partial charge in [-0.1, -0.05) is 12.1 Å². The SMILES string of the molecule is COC(=O)c1cc(-c2cccc(OC(F)F)c2)nc2c1c(C)nn2C. The zero-order chi connectivity index (χ0) is 18.1. The minimum atomic E-state index is -2.92. The summed E-state index contributed by atoms with van der Waals surface area (Å²) in [4.78, 5) is 16.7. The van der Waals surface area contributed by atoms with Gasteiger partial charge in [-0.25, -0.2) is 9.78 Å². The number of aryl methyl sites for hydroxylation is 2. The van der Waals surface area contributed by atoms with Crippen LogP contribution in [0.15, 0.2) is 30.3 Å². The van der Waals surface area contributed by atoms with Crippen LogP contribution in [0.5, 0.6) is 5.75 Å². The number of esters is 1. The monoisotopic (exact) mass is 347 g/mol. The van der Waals surface area contributed by atoms with Crippen molar-refractivity contribution in [3.8, 4) is 17.0 Å². The van der Waals surface area contributed by atoms with Crippen LogP contribution in [0.3, 0.4) is 0 Å². The van der Waals surface area contributed by atoms with Crippen molar-refractivity contribution in [3.63, 3.8) is 0 Å². The lowest BCUT2D eigenvalue weighted by Gasteiger charge is -2.09. The average molecular weight is 347 g/mol. The zero-order valence-corrected chi connectivity index (χ0v) is 13.8. The van der Waals surface area contributed by atoms with Crippen LogP contribution in [-0.4, -0.2) is 34.5 Å². The number of fused-ring (bicyclic) bond motifs is 1. The summed E-state index contributed by atoms with van der Waals surface area (Å²) in [5.41, 5.74) is 2.41. The number of pyridine rings is 1. The van der Waals surface area contributed by atoms with Crippen LogP contribution in [-0.2, 0) is 11.8 Å². The van der Waals surface area contributed by atoms with E-state index in [1.54, 1.807) is 36.9 Å².